The van der Waals surface area contributed by atoms with E-state index in [4.69, 9.17) is 4.99 Å². The highest BCUT2D eigenvalue weighted by atomic mass is 15.2. The molecule has 2 saturated carbocycles. The minimum absolute atomic E-state index is 0.254. The Hall–Kier alpha value is -1.57. The molecule has 0 aliphatic heterocycles. The summed E-state index contributed by atoms with van der Waals surface area (Å²) in [6.45, 7) is 2.22. The smallest absolute Gasteiger partial charge is 0.0837 e. The summed E-state index contributed by atoms with van der Waals surface area (Å²) >= 11 is 0. The Balaban J connectivity index is 1.54. The first-order chi connectivity index (χ1) is 12.3. The SMILES string of the molecule is CC(N=c1cc1N(C1CCCCC1)C1CCCCC1)c1ccccc1. The van der Waals surface area contributed by atoms with Gasteiger partial charge < -0.3 is 4.90 Å². The van der Waals surface area contributed by atoms with Crippen molar-refractivity contribution in [2.24, 2.45) is 4.99 Å². The molecule has 0 aromatic heterocycles. The number of hydrogen-bond donors (Lipinski definition) is 0. The molecule has 2 nitrogen and oxygen atoms in total. The number of anilines is 1. The Morgan fingerprint density at radius 2 is 1.40 bits per heavy atom. The van der Waals surface area contributed by atoms with Crippen molar-refractivity contribution in [1.29, 1.82) is 0 Å². The first-order valence-corrected chi connectivity index (χ1v) is 10.5. The molecule has 0 radical (unpaired) electrons. The van der Waals surface area contributed by atoms with Gasteiger partial charge in [-0.25, -0.2) is 0 Å². The minimum Gasteiger partial charge on any atom is -0.364 e. The molecule has 2 aromatic rings. The Morgan fingerprint density at radius 3 is 1.96 bits per heavy atom. The van der Waals surface area contributed by atoms with Crippen LogP contribution in [0, 0.1) is 0 Å². The second-order valence-electron chi connectivity index (χ2n) is 8.12. The van der Waals surface area contributed by atoms with Crippen LogP contribution in [-0.4, -0.2) is 12.1 Å². The van der Waals surface area contributed by atoms with Gasteiger partial charge in [-0.15, -0.1) is 0 Å². The summed E-state index contributed by atoms with van der Waals surface area (Å²) in [5.41, 5.74) is 2.79. The van der Waals surface area contributed by atoms with Crippen molar-refractivity contribution in [2.75, 3.05) is 4.90 Å². The van der Waals surface area contributed by atoms with E-state index in [0.29, 0.717) is 0 Å². The summed E-state index contributed by atoms with van der Waals surface area (Å²) in [4.78, 5) is 7.85. The highest BCUT2D eigenvalue weighted by molar-refractivity contribution is 5.57. The molecule has 2 aliphatic rings. The second-order valence-corrected chi connectivity index (χ2v) is 8.12. The fourth-order valence-corrected chi connectivity index (χ4v) is 4.83. The molecule has 2 aliphatic carbocycles. The van der Waals surface area contributed by atoms with Crippen molar-refractivity contribution in [3.05, 3.63) is 47.3 Å². The van der Waals surface area contributed by atoms with E-state index < -0.39 is 0 Å². The zero-order valence-electron chi connectivity index (χ0n) is 15.7. The van der Waals surface area contributed by atoms with E-state index in [2.05, 4.69) is 48.2 Å². The van der Waals surface area contributed by atoms with Crippen LogP contribution in [0.5, 0.6) is 0 Å². The van der Waals surface area contributed by atoms with Gasteiger partial charge in [0.15, 0.2) is 0 Å². The average molecular weight is 337 g/mol. The quantitative estimate of drug-likeness (QED) is 0.684. The lowest BCUT2D eigenvalue weighted by Crippen LogP contribution is -2.45. The Kier molecular flexibility index (Phi) is 5.24. The highest BCUT2D eigenvalue weighted by Crippen LogP contribution is 2.34. The minimum atomic E-state index is 0.254. The fourth-order valence-electron chi connectivity index (χ4n) is 4.83. The maximum Gasteiger partial charge on any atom is 0.0837 e. The van der Waals surface area contributed by atoms with Crippen LogP contribution < -0.4 is 10.3 Å². The molecule has 134 valence electrons. The lowest BCUT2D eigenvalue weighted by molar-refractivity contribution is 0.341. The van der Waals surface area contributed by atoms with E-state index in [1.807, 2.05) is 0 Å². The van der Waals surface area contributed by atoms with Crippen LogP contribution in [0.25, 0.3) is 0 Å². The van der Waals surface area contributed by atoms with Crippen LogP contribution in [-0.2, 0) is 0 Å². The third kappa shape index (κ3) is 3.99. The maximum absolute atomic E-state index is 5.03. The molecule has 4 rings (SSSR count). The van der Waals surface area contributed by atoms with Gasteiger partial charge in [0.1, 0.15) is 0 Å². The lowest BCUT2D eigenvalue weighted by Gasteiger charge is -2.41. The molecule has 0 amide bonds. The molecular formula is C23H32N2. The van der Waals surface area contributed by atoms with Crippen LogP contribution in [0.1, 0.15) is 82.7 Å². The number of nitrogens with zero attached hydrogens (tertiary/aromatic N) is 2. The number of hydrogen-bond acceptors (Lipinski definition) is 2. The van der Waals surface area contributed by atoms with Gasteiger partial charge in [-0.3, -0.25) is 4.99 Å². The van der Waals surface area contributed by atoms with Gasteiger partial charge >= 0.3 is 0 Å². The zero-order chi connectivity index (χ0) is 17.1. The van der Waals surface area contributed by atoms with E-state index in [1.165, 1.54) is 80.8 Å². The molecule has 0 N–H and O–H groups in total. The van der Waals surface area contributed by atoms with Crippen molar-refractivity contribution in [2.45, 2.75) is 89.3 Å². The lowest BCUT2D eigenvalue weighted by atomic mass is 9.89. The van der Waals surface area contributed by atoms with E-state index in [1.54, 1.807) is 0 Å². The molecule has 2 aromatic carbocycles. The number of benzene rings is 1. The van der Waals surface area contributed by atoms with Gasteiger partial charge in [0, 0.05) is 12.1 Å². The average Bonchev–Trinajstić information content (AvgIpc) is 3.43. The molecule has 0 saturated heterocycles. The normalized spacial score (nSPS) is 22.4. The highest BCUT2D eigenvalue weighted by Gasteiger charge is 2.32. The van der Waals surface area contributed by atoms with Crippen molar-refractivity contribution < 1.29 is 0 Å². The molecule has 1 unspecified atom stereocenters. The molecule has 1 atom stereocenters. The molecule has 0 bridgehead atoms. The summed E-state index contributed by atoms with van der Waals surface area (Å²) in [5.74, 6) is 0. The monoisotopic (exact) mass is 336 g/mol. The van der Waals surface area contributed by atoms with Crippen LogP contribution in [0.4, 0.5) is 5.69 Å². The Morgan fingerprint density at radius 1 is 0.840 bits per heavy atom. The fraction of sp³-hybridized carbons (Fsp3) is 0.609. The van der Waals surface area contributed by atoms with Crippen molar-refractivity contribution in [3.8, 4) is 0 Å². The van der Waals surface area contributed by atoms with Gasteiger partial charge in [-0.2, -0.15) is 0 Å². The Labute approximate surface area is 152 Å². The summed E-state index contributed by atoms with van der Waals surface area (Å²) in [5, 5.41) is 1.27. The van der Waals surface area contributed by atoms with Gasteiger partial charge in [-0.1, -0.05) is 68.9 Å². The van der Waals surface area contributed by atoms with Crippen LogP contribution >= 0.6 is 0 Å². The summed E-state index contributed by atoms with van der Waals surface area (Å²) in [6.07, 6.45) is 14.0. The largest absolute Gasteiger partial charge is 0.364 e. The van der Waals surface area contributed by atoms with Crippen LogP contribution in [0.15, 0.2) is 41.4 Å². The maximum atomic E-state index is 5.03. The Bertz CT molecular complexity index is 650. The van der Waals surface area contributed by atoms with Crippen LogP contribution in [0.2, 0.25) is 0 Å². The van der Waals surface area contributed by atoms with Crippen molar-refractivity contribution in [3.63, 3.8) is 0 Å². The van der Waals surface area contributed by atoms with Gasteiger partial charge in [-0.05, 0) is 44.2 Å². The first kappa shape index (κ1) is 16.9. The summed E-state index contributed by atoms with van der Waals surface area (Å²) < 4.78 is 0. The standard InChI is InChI=1S/C23H32N2/c1-18(19-11-5-2-6-12-19)24-22-17-23(22)25(20-13-7-3-8-14-20)21-15-9-4-10-16-21/h2,5-6,11-12,17-18,20-21H,3-4,7-10,13-16H2,1H3. The summed E-state index contributed by atoms with van der Waals surface area (Å²) in [6, 6.07) is 14.8. The predicted octanol–water partition coefficient (Wildman–Crippen LogP) is 5.70. The van der Waals surface area contributed by atoms with E-state index in [-0.39, 0.29) is 6.04 Å². The molecule has 2 fully saturated rings. The summed E-state index contributed by atoms with van der Waals surface area (Å²) in [7, 11) is 0. The molecule has 25 heavy (non-hydrogen) atoms. The zero-order valence-corrected chi connectivity index (χ0v) is 15.7. The van der Waals surface area contributed by atoms with Crippen molar-refractivity contribution >= 4 is 5.69 Å². The third-order valence-electron chi connectivity index (χ3n) is 6.28. The molecule has 0 heterocycles. The van der Waals surface area contributed by atoms with Crippen LogP contribution in [0.3, 0.4) is 0 Å². The van der Waals surface area contributed by atoms with E-state index >= 15 is 0 Å². The molecule has 0 spiro atoms. The molecular weight excluding hydrogens is 304 g/mol. The number of rotatable bonds is 5. The van der Waals surface area contributed by atoms with Gasteiger partial charge in [0.25, 0.3) is 0 Å². The molecule has 2 heteroatoms. The van der Waals surface area contributed by atoms with Gasteiger partial charge in [0.05, 0.1) is 17.1 Å². The van der Waals surface area contributed by atoms with Crippen molar-refractivity contribution in [1.82, 2.24) is 0 Å². The second kappa shape index (κ2) is 7.76. The van der Waals surface area contributed by atoms with Gasteiger partial charge in [0.2, 0.25) is 0 Å². The van der Waals surface area contributed by atoms with E-state index in [0.717, 1.165) is 12.1 Å². The third-order valence-corrected chi connectivity index (χ3v) is 6.28. The first-order valence-electron chi connectivity index (χ1n) is 10.5. The topological polar surface area (TPSA) is 15.6 Å². The van der Waals surface area contributed by atoms with E-state index in [9.17, 15) is 0 Å². The predicted molar refractivity (Wildman–Crippen MR) is 105 cm³/mol.